The van der Waals surface area contributed by atoms with E-state index in [1.807, 2.05) is 0 Å². The minimum atomic E-state index is 0. The van der Waals surface area contributed by atoms with E-state index in [2.05, 4.69) is 142 Å². The van der Waals surface area contributed by atoms with Crippen molar-refractivity contribution < 1.29 is 17.1 Å². The van der Waals surface area contributed by atoms with Crippen LogP contribution in [-0.4, -0.2) is 0 Å². The molecule has 0 nitrogen and oxygen atoms in total. The molecule has 0 bridgehead atoms. The molecule has 0 aliphatic carbocycles. The summed E-state index contributed by atoms with van der Waals surface area (Å²) >= 11 is 0. The Hall–Kier alpha value is -1.48. The number of rotatable bonds is 6. The van der Waals surface area contributed by atoms with E-state index >= 15 is 0 Å². The molecule has 2 atom stereocenters. The maximum atomic E-state index is 2.35. The predicted octanol–water partition coefficient (Wildman–Crippen LogP) is 9.14. The Morgan fingerprint density at radius 2 is 0.946 bits per heavy atom. The molecule has 0 saturated heterocycles. The summed E-state index contributed by atoms with van der Waals surface area (Å²) in [6, 6.07) is 26.7. The fraction of sp³-hybridized carbons (Fsp3) is 0.353. The predicted molar refractivity (Wildman–Crippen MR) is 167 cm³/mol. The van der Waals surface area contributed by atoms with E-state index < -0.39 is 0 Å². The van der Waals surface area contributed by atoms with Crippen LogP contribution in [0.2, 0.25) is 0 Å². The Balaban J connectivity index is 0.000000253. The largest absolute Gasteiger partial charge is 0.748 e. The average molecular weight is 571 g/mol. The number of hydrogen-bond donors (Lipinski definition) is 0. The first-order chi connectivity index (χ1) is 16.8. The van der Waals surface area contributed by atoms with Crippen LogP contribution in [0.25, 0.3) is 0 Å². The molecule has 0 amide bonds. The van der Waals surface area contributed by atoms with Gasteiger partial charge in [0.25, 0.3) is 0 Å². The van der Waals surface area contributed by atoms with E-state index in [9.17, 15) is 0 Å². The molecule has 2 unspecified atom stereocenters. The molecule has 4 rings (SSSR count). The van der Waals surface area contributed by atoms with Gasteiger partial charge in [-0.15, -0.1) is 14.1 Å². The van der Waals surface area contributed by atoms with Gasteiger partial charge in [0, 0.05) is 17.1 Å². The molecule has 0 N–H and O–H groups in total. The third-order valence-electron chi connectivity index (χ3n) is 7.00. The second-order valence-electron chi connectivity index (χ2n) is 11.4. The van der Waals surface area contributed by atoms with Gasteiger partial charge in [-0.25, -0.2) is 12.1 Å². The van der Waals surface area contributed by atoms with Crippen LogP contribution in [-0.2, 0) is 27.4 Å². The first-order valence-corrected chi connectivity index (χ1v) is 15.0. The van der Waals surface area contributed by atoms with E-state index in [-0.39, 0.29) is 27.4 Å². The molecule has 4 aromatic carbocycles. The van der Waals surface area contributed by atoms with Crippen molar-refractivity contribution in [3.63, 3.8) is 0 Å². The fourth-order valence-electron chi connectivity index (χ4n) is 5.11. The average Bonchev–Trinajstić information content (AvgIpc) is 3.49. The van der Waals surface area contributed by atoms with Gasteiger partial charge in [0.1, 0.15) is 0 Å². The van der Waals surface area contributed by atoms with Crippen LogP contribution in [0, 0.1) is 41.5 Å². The Labute approximate surface area is 240 Å². The van der Waals surface area contributed by atoms with Crippen molar-refractivity contribution in [1.82, 2.24) is 0 Å². The fourth-order valence-corrected chi connectivity index (χ4v) is 8.05. The summed E-state index contributed by atoms with van der Waals surface area (Å²) in [5.74, 6) is 0. The third kappa shape index (κ3) is 8.25. The van der Waals surface area contributed by atoms with Crippen LogP contribution in [0.1, 0.15) is 72.2 Å². The van der Waals surface area contributed by atoms with Crippen molar-refractivity contribution >= 4 is 27.8 Å². The molecule has 204 valence electrons. The monoisotopic (exact) mass is 570 g/mol. The summed E-state index contributed by atoms with van der Waals surface area (Å²) in [6.07, 6.45) is 0. The van der Waals surface area contributed by atoms with Crippen molar-refractivity contribution in [1.29, 1.82) is 0 Å². The molecule has 0 aromatic heterocycles. The summed E-state index contributed by atoms with van der Waals surface area (Å²) in [5.41, 5.74) is 11.4. The van der Waals surface area contributed by atoms with Crippen LogP contribution in [0.4, 0.5) is 0 Å². The summed E-state index contributed by atoms with van der Waals surface area (Å²) in [5, 5.41) is 3.53. The molecule has 0 heterocycles. The number of benzene rings is 2. The van der Waals surface area contributed by atoms with Gasteiger partial charge in [0.05, 0.1) is 0 Å². The van der Waals surface area contributed by atoms with Crippen LogP contribution in [0.5, 0.6) is 0 Å². The Kier molecular flexibility index (Phi) is 11.2. The van der Waals surface area contributed by atoms with Crippen LogP contribution in [0.3, 0.4) is 0 Å². The van der Waals surface area contributed by atoms with Gasteiger partial charge in [0.15, 0.2) is 0 Å². The molecular weight excluding hydrogens is 526 g/mol. The van der Waals surface area contributed by atoms with Gasteiger partial charge in [-0.3, -0.25) is 0 Å². The Morgan fingerprint density at radius 3 is 1.32 bits per heavy atom. The maximum Gasteiger partial charge on any atom is 0 e. The normalized spacial score (nSPS) is 12.2. The Bertz CT molecular complexity index is 1130. The summed E-state index contributed by atoms with van der Waals surface area (Å²) in [7, 11) is 1.64. The van der Waals surface area contributed by atoms with Gasteiger partial charge >= 0.3 is 0 Å². The SMILES string of the molecule is Cc1cc(C)c(PC(C)(C)[c-]2[cH-][cH-][cH-][cH-]2)c(C)c1.Cc1cc(C)c(PC(C)(C)[c-]2cccc2)c(C)c1.[Fe]. The minimum absolute atomic E-state index is 0. The second-order valence-corrected chi connectivity index (χ2v) is 15.4. The molecule has 0 radical (unpaired) electrons. The first-order valence-electron chi connectivity index (χ1n) is 13.0. The van der Waals surface area contributed by atoms with Crippen LogP contribution >= 0.6 is 17.2 Å². The third-order valence-corrected chi connectivity index (χ3v) is 10.9. The number of hydrogen-bond acceptors (Lipinski definition) is 0. The topological polar surface area (TPSA) is 0 Å². The standard InChI is InChI=1S/2C17H22P.Fe/c2*1-12-10-13(2)16(14(3)11-12)18-17(4,5)15-8-6-7-9-15;/h2*6-11,18H,1-5H3;/q-5;-1;. The summed E-state index contributed by atoms with van der Waals surface area (Å²) in [6.45, 7) is 22.7. The van der Waals surface area contributed by atoms with E-state index in [0.717, 1.165) is 17.2 Å². The Morgan fingerprint density at radius 1 is 0.595 bits per heavy atom. The smallest absolute Gasteiger partial charge is 0 e. The number of aryl methyl sites for hydroxylation is 6. The zero-order chi connectivity index (χ0) is 26.7. The van der Waals surface area contributed by atoms with Gasteiger partial charge in [-0.2, -0.15) is 17.3 Å². The molecule has 0 aliphatic rings. The van der Waals surface area contributed by atoms with E-state index in [0.29, 0.717) is 0 Å². The molecule has 0 fully saturated rings. The zero-order valence-electron chi connectivity index (χ0n) is 24.3. The van der Waals surface area contributed by atoms with E-state index in [1.165, 1.54) is 55.1 Å². The molecule has 37 heavy (non-hydrogen) atoms. The van der Waals surface area contributed by atoms with Crippen LogP contribution < -0.4 is 10.6 Å². The van der Waals surface area contributed by atoms with Crippen molar-refractivity contribution in [2.75, 3.05) is 0 Å². The van der Waals surface area contributed by atoms with Gasteiger partial charge < -0.3 is 29.8 Å². The van der Waals surface area contributed by atoms with Gasteiger partial charge in [0.2, 0.25) is 0 Å². The van der Waals surface area contributed by atoms with Crippen LogP contribution in [0.15, 0.2) is 72.8 Å². The quantitative estimate of drug-likeness (QED) is 0.123. The molecule has 0 aliphatic heterocycles. The molecule has 0 saturated carbocycles. The molecule has 3 heteroatoms. The van der Waals surface area contributed by atoms with Crippen molar-refractivity contribution in [3.8, 4) is 0 Å². The zero-order valence-corrected chi connectivity index (χ0v) is 27.4. The first kappa shape index (κ1) is 31.7. The minimum Gasteiger partial charge on any atom is -0.748 e. The summed E-state index contributed by atoms with van der Waals surface area (Å²) < 4.78 is 0. The maximum absolute atomic E-state index is 2.35. The molecule has 0 spiro atoms. The van der Waals surface area contributed by atoms with Gasteiger partial charge in [-0.05, 0) is 79.6 Å². The second kappa shape index (κ2) is 13.0. The van der Waals surface area contributed by atoms with E-state index in [4.69, 9.17) is 0 Å². The molecular formula is C34H44FeP2-6. The van der Waals surface area contributed by atoms with Crippen molar-refractivity contribution in [2.24, 2.45) is 0 Å². The molecule has 4 aromatic rings. The van der Waals surface area contributed by atoms with Crippen molar-refractivity contribution in [3.05, 3.63) is 117 Å². The van der Waals surface area contributed by atoms with Crippen molar-refractivity contribution in [2.45, 2.75) is 79.5 Å². The van der Waals surface area contributed by atoms with Gasteiger partial charge in [-0.1, -0.05) is 71.7 Å². The van der Waals surface area contributed by atoms with E-state index in [1.54, 1.807) is 0 Å². The summed E-state index contributed by atoms with van der Waals surface area (Å²) in [4.78, 5) is 0.